The van der Waals surface area contributed by atoms with Crippen LogP contribution in [0.4, 0.5) is 0 Å². The summed E-state index contributed by atoms with van der Waals surface area (Å²) in [6, 6.07) is 8.15. The minimum atomic E-state index is -0.636. The molecule has 162 valence electrons. The Labute approximate surface area is 178 Å². The van der Waals surface area contributed by atoms with Crippen LogP contribution in [0.5, 0.6) is 0 Å². The maximum atomic E-state index is 13.3. The zero-order valence-electron chi connectivity index (χ0n) is 18.3. The summed E-state index contributed by atoms with van der Waals surface area (Å²) in [4.78, 5) is 42.7. The molecule has 9 heteroatoms. The van der Waals surface area contributed by atoms with Crippen molar-refractivity contribution < 1.29 is 9.53 Å². The van der Waals surface area contributed by atoms with E-state index in [2.05, 4.69) is 24.0 Å². The second kappa shape index (κ2) is 7.57. The van der Waals surface area contributed by atoms with Gasteiger partial charge in [0.05, 0.1) is 6.61 Å². The number of carbonyl (C=O) groups is 1. The summed E-state index contributed by atoms with van der Waals surface area (Å²) in [6.45, 7) is 7.36. The van der Waals surface area contributed by atoms with Gasteiger partial charge in [-0.05, 0) is 44.9 Å². The topological polar surface area (TPSA) is 92.5 Å². The number of aromatic nitrogens is 5. The first-order chi connectivity index (χ1) is 14.8. The number of carbonyl (C=O) groups excluding carboxylic acids is 1. The lowest BCUT2D eigenvalue weighted by Crippen LogP contribution is -2.41. The summed E-state index contributed by atoms with van der Waals surface area (Å²) in [5.41, 5.74) is 3.24. The summed E-state index contributed by atoms with van der Waals surface area (Å²) in [5, 5.41) is 0. The molecule has 3 heterocycles. The summed E-state index contributed by atoms with van der Waals surface area (Å²) < 4.78 is 10.8. The second-order valence-electron chi connectivity index (χ2n) is 7.48. The SMILES string of the molecule is CCOC(=O)Cn1c(=O)c2c(nc3n(-c4ccc(CC)cc4)c(C)c(C)n23)n(C)c1=O. The van der Waals surface area contributed by atoms with Gasteiger partial charge in [-0.1, -0.05) is 19.1 Å². The van der Waals surface area contributed by atoms with Crippen molar-refractivity contribution in [3.63, 3.8) is 0 Å². The molecule has 0 N–H and O–H groups in total. The summed E-state index contributed by atoms with van der Waals surface area (Å²) in [6.07, 6.45) is 0.939. The van der Waals surface area contributed by atoms with Gasteiger partial charge < -0.3 is 4.74 Å². The third kappa shape index (κ3) is 3.08. The molecule has 0 unspecified atom stereocenters. The average Bonchev–Trinajstić information content (AvgIpc) is 3.25. The minimum absolute atomic E-state index is 0.172. The van der Waals surface area contributed by atoms with Crippen molar-refractivity contribution in [2.45, 2.75) is 40.7 Å². The summed E-state index contributed by atoms with van der Waals surface area (Å²) in [5.74, 6) is -0.0986. The van der Waals surface area contributed by atoms with E-state index >= 15 is 0 Å². The van der Waals surface area contributed by atoms with Crippen LogP contribution in [0.2, 0.25) is 0 Å². The van der Waals surface area contributed by atoms with E-state index in [1.54, 1.807) is 18.4 Å². The summed E-state index contributed by atoms with van der Waals surface area (Å²) in [7, 11) is 1.54. The Bertz CT molecular complexity index is 1430. The van der Waals surface area contributed by atoms with Crippen molar-refractivity contribution in [2.75, 3.05) is 6.61 Å². The normalized spacial score (nSPS) is 11.5. The average molecular weight is 423 g/mol. The lowest BCUT2D eigenvalue weighted by molar-refractivity contribution is -0.143. The molecule has 9 nitrogen and oxygen atoms in total. The Hall–Kier alpha value is -3.62. The second-order valence-corrected chi connectivity index (χ2v) is 7.48. The van der Waals surface area contributed by atoms with E-state index in [0.717, 1.165) is 28.1 Å². The van der Waals surface area contributed by atoms with E-state index in [0.29, 0.717) is 5.78 Å². The van der Waals surface area contributed by atoms with Crippen LogP contribution in [0.15, 0.2) is 33.9 Å². The van der Waals surface area contributed by atoms with E-state index in [4.69, 9.17) is 4.74 Å². The number of esters is 1. The van der Waals surface area contributed by atoms with Gasteiger partial charge in [-0.3, -0.25) is 23.1 Å². The van der Waals surface area contributed by atoms with E-state index in [9.17, 15) is 14.4 Å². The van der Waals surface area contributed by atoms with Crippen molar-refractivity contribution in [3.8, 4) is 5.69 Å². The van der Waals surface area contributed by atoms with Crippen LogP contribution in [0.3, 0.4) is 0 Å². The fourth-order valence-corrected chi connectivity index (χ4v) is 3.92. The van der Waals surface area contributed by atoms with Gasteiger partial charge in [0.1, 0.15) is 6.54 Å². The quantitative estimate of drug-likeness (QED) is 0.457. The molecule has 31 heavy (non-hydrogen) atoms. The smallest absolute Gasteiger partial charge is 0.333 e. The largest absolute Gasteiger partial charge is 0.465 e. The number of rotatable bonds is 5. The predicted molar refractivity (Wildman–Crippen MR) is 117 cm³/mol. The molecule has 0 atom stereocenters. The van der Waals surface area contributed by atoms with Crippen molar-refractivity contribution >= 4 is 22.9 Å². The van der Waals surface area contributed by atoms with Gasteiger partial charge in [0, 0.05) is 24.1 Å². The maximum absolute atomic E-state index is 13.3. The number of imidazole rings is 2. The highest BCUT2D eigenvalue weighted by molar-refractivity contribution is 5.78. The van der Waals surface area contributed by atoms with Crippen LogP contribution in [0.1, 0.15) is 30.8 Å². The van der Waals surface area contributed by atoms with Gasteiger partial charge in [0.15, 0.2) is 11.2 Å². The molecule has 0 saturated heterocycles. The Morgan fingerprint density at radius 2 is 1.74 bits per heavy atom. The number of aryl methyl sites for hydroxylation is 3. The van der Waals surface area contributed by atoms with Crippen molar-refractivity contribution in [1.29, 1.82) is 0 Å². The Balaban J connectivity index is 2.04. The predicted octanol–water partition coefficient (Wildman–Crippen LogP) is 1.88. The molecule has 0 bridgehead atoms. The third-order valence-electron chi connectivity index (χ3n) is 5.71. The molecule has 0 radical (unpaired) electrons. The molecule has 4 aromatic rings. The Morgan fingerprint density at radius 1 is 1.06 bits per heavy atom. The van der Waals surface area contributed by atoms with E-state index < -0.39 is 23.8 Å². The number of nitrogens with zero attached hydrogens (tertiary/aromatic N) is 5. The standard InChI is InChI=1S/C22H25N5O4/c1-6-15-8-10-16(11-9-15)26-13(3)14(4)27-18-19(23-21(26)27)24(5)22(30)25(20(18)29)12-17(28)31-7-2/h8-11H,6-7,12H2,1-5H3. The van der Waals surface area contributed by atoms with Crippen LogP contribution in [0, 0.1) is 13.8 Å². The van der Waals surface area contributed by atoms with Gasteiger partial charge in [-0.2, -0.15) is 4.98 Å². The number of hydrogen-bond acceptors (Lipinski definition) is 5. The fourth-order valence-electron chi connectivity index (χ4n) is 3.92. The van der Waals surface area contributed by atoms with Gasteiger partial charge in [0.2, 0.25) is 5.78 Å². The van der Waals surface area contributed by atoms with Crippen molar-refractivity contribution in [3.05, 3.63) is 62.1 Å². The highest BCUT2D eigenvalue weighted by Gasteiger charge is 2.24. The lowest BCUT2D eigenvalue weighted by Gasteiger charge is -2.08. The Kier molecular flexibility index (Phi) is 5.04. The molecule has 0 fully saturated rings. The first-order valence-corrected chi connectivity index (χ1v) is 10.2. The van der Waals surface area contributed by atoms with E-state index in [1.165, 1.54) is 10.1 Å². The molecule has 0 aliphatic carbocycles. The summed E-state index contributed by atoms with van der Waals surface area (Å²) >= 11 is 0. The first-order valence-electron chi connectivity index (χ1n) is 10.2. The zero-order chi connectivity index (χ0) is 22.4. The molecule has 0 spiro atoms. The molecule has 0 aliphatic heterocycles. The number of ether oxygens (including phenoxy) is 1. The molecule has 0 aliphatic rings. The number of hydrogen-bond donors (Lipinski definition) is 0. The number of fused-ring (bicyclic) bond motifs is 3. The lowest BCUT2D eigenvalue weighted by atomic mass is 10.1. The Morgan fingerprint density at radius 3 is 2.35 bits per heavy atom. The molecule has 1 aromatic carbocycles. The van der Waals surface area contributed by atoms with Crippen LogP contribution in [-0.4, -0.2) is 35.7 Å². The molecule has 0 saturated carbocycles. The first kappa shape index (κ1) is 20.6. The van der Waals surface area contributed by atoms with Crippen molar-refractivity contribution in [1.82, 2.24) is 23.1 Å². The minimum Gasteiger partial charge on any atom is -0.465 e. The van der Waals surface area contributed by atoms with Gasteiger partial charge in [-0.15, -0.1) is 0 Å². The van der Waals surface area contributed by atoms with Crippen LogP contribution in [-0.2, 0) is 29.5 Å². The van der Waals surface area contributed by atoms with E-state index in [-0.39, 0.29) is 17.8 Å². The third-order valence-corrected chi connectivity index (χ3v) is 5.71. The molecule has 4 rings (SSSR count). The highest BCUT2D eigenvalue weighted by atomic mass is 16.5. The molecular formula is C22H25N5O4. The molecule has 0 amide bonds. The van der Waals surface area contributed by atoms with Crippen molar-refractivity contribution in [2.24, 2.45) is 7.05 Å². The van der Waals surface area contributed by atoms with Gasteiger partial charge in [-0.25, -0.2) is 9.36 Å². The molecule has 3 aromatic heterocycles. The van der Waals surface area contributed by atoms with Gasteiger partial charge in [0.25, 0.3) is 5.56 Å². The van der Waals surface area contributed by atoms with Gasteiger partial charge >= 0.3 is 11.7 Å². The van der Waals surface area contributed by atoms with E-state index in [1.807, 2.05) is 30.5 Å². The highest BCUT2D eigenvalue weighted by Crippen LogP contribution is 2.24. The maximum Gasteiger partial charge on any atom is 0.333 e. The molecular weight excluding hydrogens is 398 g/mol. The van der Waals surface area contributed by atoms with Crippen LogP contribution < -0.4 is 11.2 Å². The monoisotopic (exact) mass is 423 g/mol. The zero-order valence-corrected chi connectivity index (χ0v) is 18.3. The fraction of sp³-hybridized carbons (Fsp3) is 0.364. The van der Waals surface area contributed by atoms with Crippen LogP contribution in [0.25, 0.3) is 22.6 Å². The number of benzene rings is 1. The van der Waals surface area contributed by atoms with Crippen LogP contribution >= 0.6 is 0 Å².